The van der Waals surface area contributed by atoms with E-state index in [1.807, 2.05) is 12.1 Å². The minimum absolute atomic E-state index is 0.169. The Balaban J connectivity index is 1.95. The third kappa shape index (κ3) is 2.34. The summed E-state index contributed by atoms with van der Waals surface area (Å²) in [6.45, 7) is 0. The van der Waals surface area contributed by atoms with Gasteiger partial charge in [-0.2, -0.15) is 0 Å². The van der Waals surface area contributed by atoms with E-state index >= 15 is 0 Å². The van der Waals surface area contributed by atoms with Crippen LogP contribution in [0.3, 0.4) is 0 Å². The molecule has 1 aliphatic heterocycles. The summed E-state index contributed by atoms with van der Waals surface area (Å²) < 4.78 is 26.6. The van der Waals surface area contributed by atoms with Gasteiger partial charge in [0.25, 0.3) is 0 Å². The summed E-state index contributed by atoms with van der Waals surface area (Å²) in [5, 5.41) is 3.09. The minimum atomic E-state index is -0.294. The third-order valence-electron chi connectivity index (χ3n) is 3.20. The maximum Gasteiger partial charge on any atom is 0.123 e. The molecule has 0 fully saturated rings. The summed E-state index contributed by atoms with van der Waals surface area (Å²) in [5.74, 6) is -0.582. The van der Waals surface area contributed by atoms with Gasteiger partial charge in [-0.25, -0.2) is 8.78 Å². The van der Waals surface area contributed by atoms with Crippen LogP contribution >= 0.6 is 0 Å². The zero-order valence-corrected chi connectivity index (χ0v) is 10.1. The van der Waals surface area contributed by atoms with Crippen molar-refractivity contribution in [3.05, 3.63) is 71.3 Å². The highest BCUT2D eigenvalue weighted by Gasteiger charge is 2.27. The molecule has 2 aromatic carbocycles. The molecule has 19 heavy (non-hydrogen) atoms. The molecule has 0 amide bonds. The number of nitrogens with zero attached hydrogens (tertiary/aromatic N) is 1. The summed E-state index contributed by atoms with van der Waals surface area (Å²) in [5.41, 5.74) is 1.57. The monoisotopic (exact) mass is 258 g/mol. The molecule has 0 radical (unpaired) electrons. The lowest BCUT2D eigenvalue weighted by Gasteiger charge is -2.19. The second-order valence-electron chi connectivity index (χ2n) is 4.48. The van der Waals surface area contributed by atoms with Crippen molar-refractivity contribution >= 4 is 6.34 Å². The normalized spacial score (nSPS) is 21.4. The molecule has 1 heterocycles. The smallest absolute Gasteiger partial charge is 0.123 e. The topological polar surface area (TPSA) is 24.4 Å². The molecule has 2 nitrogen and oxygen atoms in total. The molecule has 1 N–H and O–H groups in total. The highest BCUT2D eigenvalue weighted by atomic mass is 19.1. The Bertz CT molecular complexity index is 625. The predicted molar refractivity (Wildman–Crippen MR) is 69.9 cm³/mol. The van der Waals surface area contributed by atoms with Crippen LogP contribution in [0.15, 0.2) is 53.5 Å². The number of benzene rings is 2. The van der Waals surface area contributed by atoms with E-state index in [4.69, 9.17) is 0 Å². The van der Waals surface area contributed by atoms with Gasteiger partial charge < -0.3 is 5.32 Å². The fourth-order valence-corrected chi connectivity index (χ4v) is 2.33. The highest BCUT2D eigenvalue weighted by molar-refractivity contribution is 5.60. The second-order valence-corrected chi connectivity index (χ2v) is 4.48. The lowest BCUT2D eigenvalue weighted by Crippen LogP contribution is -2.18. The van der Waals surface area contributed by atoms with Crippen LogP contribution in [0.2, 0.25) is 0 Å². The number of halogens is 2. The Kier molecular flexibility index (Phi) is 2.99. The van der Waals surface area contributed by atoms with E-state index in [0.717, 1.165) is 11.1 Å². The lowest BCUT2D eigenvalue weighted by molar-refractivity contribution is 0.556. The average molecular weight is 258 g/mol. The van der Waals surface area contributed by atoms with Crippen molar-refractivity contribution in [1.82, 2.24) is 5.32 Å². The molecular formula is C15H12F2N2. The van der Waals surface area contributed by atoms with Crippen molar-refractivity contribution in [3.8, 4) is 0 Å². The van der Waals surface area contributed by atoms with Crippen molar-refractivity contribution in [1.29, 1.82) is 0 Å². The average Bonchev–Trinajstić information content (AvgIpc) is 2.88. The molecule has 2 aromatic rings. The van der Waals surface area contributed by atoms with Crippen LogP contribution in [-0.2, 0) is 0 Å². The maximum atomic E-state index is 13.3. The molecule has 0 bridgehead atoms. The standard InChI is InChI=1S/C15H12F2N2/c16-12-5-1-3-10(7-12)14-15(19-9-18-14)11-4-2-6-13(17)8-11/h1-9,14-15H,(H,18,19)/t14-,15+. The first-order valence-electron chi connectivity index (χ1n) is 6.03. The third-order valence-corrected chi connectivity index (χ3v) is 3.20. The Labute approximate surface area is 109 Å². The molecule has 4 heteroatoms. The van der Waals surface area contributed by atoms with Crippen molar-refractivity contribution < 1.29 is 8.78 Å². The number of hydrogen-bond acceptors (Lipinski definition) is 2. The van der Waals surface area contributed by atoms with E-state index in [0.29, 0.717) is 0 Å². The van der Waals surface area contributed by atoms with Gasteiger partial charge >= 0.3 is 0 Å². The van der Waals surface area contributed by atoms with Gasteiger partial charge in [-0.05, 0) is 35.4 Å². The first-order chi connectivity index (χ1) is 9.24. The number of hydrogen-bond donors (Lipinski definition) is 1. The molecule has 2 atom stereocenters. The first-order valence-corrected chi connectivity index (χ1v) is 6.03. The Morgan fingerprint density at radius 3 is 2.21 bits per heavy atom. The van der Waals surface area contributed by atoms with Crippen molar-refractivity contribution in [2.45, 2.75) is 12.1 Å². The molecule has 0 saturated heterocycles. The Morgan fingerprint density at radius 2 is 1.53 bits per heavy atom. The van der Waals surface area contributed by atoms with Crippen LogP contribution in [0, 0.1) is 11.6 Å². The summed E-state index contributed by atoms with van der Waals surface area (Å²) >= 11 is 0. The van der Waals surface area contributed by atoms with Gasteiger partial charge in [-0.1, -0.05) is 24.3 Å². The fraction of sp³-hybridized carbons (Fsp3) is 0.133. The molecule has 96 valence electrons. The summed E-state index contributed by atoms with van der Waals surface area (Å²) in [4.78, 5) is 4.31. The van der Waals surface area contributed by atoms with Crippen LogP contribution in [0.4, 0.5) is 8.78 Å². The zero-order chi connectivity index (χ0) is 13.2. The van der Waals surface area contributed by atoms with Gasteiger partial charge in [0.1, 0.15) is 17.7 Å². The van der Waals surface area contributed by atoms with Crippen LogP contribution < -0.4 is 5.32 Å². The lowest BCUT2D eigenvalue weighted by atomic mass is 9.95. The van der Waals surface area contributed by atoms with Crippen LogP contribution in [-0.4, -0.2) is 6.34 Å². The van der Waals surface area contributed by atoms with Crippen molar-refractivity contribution in [2.24, 2.45) is 4.99 Å². The number of aliphatic imine (C=N–C) groups is 1. The maximum absolute atomic E-state index is 13.3. The summed E-state index contributed by atoms with van der Waals surface area (Å²) in [6, 6.07) is 12.3. The largest absolute Gasteiger partial charge is 0.367 e. The van der Waals surface area contributed by atoms with E-state index in [-0.39, 0.29) is 23.7 Å². The van der Waals surface area contributed by atoms with Gasteiger partial charge in [-0.15, -0.1) is 0 Å². The van der Waals surface area contributed by atoms with Gasteiger partial charge in [0.15, 0.2) is 0 Å². The Morgan fingerprint density at radius 1 is 0.895 bits per heavy atom. The van der Waals surface area contributed by atoms with E-state index < -0.39 is 0 Å². The second kappa shape index (κ2) is 4.80. The van der Waals surface area contributed by atoms with Crippen molar-refractivity contribution in [2.75, 3.05) is 0 Å². The summed E-state index contributed by atoms with van der Waals surface area (Å²) in [7, 11) is 0. The van der Waals surface area contributed by atoms with E-state index in [9.17, 15) is 8.78 Å². The highest BCUT2D eigenvalue weighted by Crippen LogP contribution is 2.34. The SMILES string of the molecule is Fc1cccc([C@H]2NC=N[C@H]2c2cccc(F)c2)c1. The van der Waals surface area contributed by atoms with Gasteiger partial charge in [-0.3, -0.25) is 4.99 Å². The summed E-state index contributed by atoms with van der Waals surface area (Å²) in [6.07, 6.45) is 1.59. The zero-order valence-electron chi connectivity index (χ0n) is 10.1. The molecule has 1 aliphatic rings. The van der Waals surface area contributed by atoms with E-state index in [1.54, 1.807) is 18.5 Å². The molecule has 0 aliphatic carbocycles. The van der Waals surface area contributed by atoms with Crippen LogP contribution in [0.1, 0.15) is 23.2 Å². The van der Waals surface area contributed by atoms with Gasteiger partial charge in [0.2, 0.25) is 0 Å². The molecule has 0 saturated carbocycles. The minimum Gasteiger partial charge on any atom is -0.367 e. The van der Waals surface area contributed by atoms with E-state index in [2.05, 4.69) is 10.3 Å². The fourth-order valence-electron chi connectivity index (χ4n) is 2.33. The molecule has 0 unspecified atom stereocenters. The van der Waals surface area contributed by atoms with E-state index in [1.165, 1.54) is 24.3 Å². The number of nitrogens with one attached hydrogen (secondary N) is 1. The molecule has 0 aromatic heterocycles. The molecule has 0 spiro atoms. The van der Waals surface area contributed by atoms with Gasteiger partial charge in [0, 0.05) is 0 Å². The van der Waals surface area contributed by atoms with Crippen LogP contribution in [0.25, 0.3) is 0 Å². The quantitative estimate of drug-likeness (QED) is 0.877. The predicted octanol–water partition coefficient (Wildman–Crippen LogP) is 3.38. The first kappa shape index (κ1) is 11.8. The van der Waals surface area contributed by atoms with Crippen LogP contribution in [0.5, 0.6) is 0 Å². The molecular weight excluding hydrogens is 246 g/mol. The van der Waals surface area contributed by atoms with Crippen molar-refractivity contribution in [3.63, 3.8) is 0 Å². The van der Waals surface area contributed by atoms with Gasteiger partial charge in [0.05, 0.1) is 12.4 Å². The molecule has 3 rings (SSSR count). The number of rotatable bonds is 2. The Hall–Kier alpha value is -2.23.